The Morgan fingerprint density at radius 1 is 0.905 bits per heavy atom. The molecule has 1 aliphatic rings. The number of fused-ring (bicyclic) bond motifs is 1. The number of aromatic nitrogens is 4. The lowest BCUT2D eigenvalue weighted by Gasteiger charge is -2.27. The first-order chi connectivity index (χ1) is 10.4. The number of piperazine rings is 1. The van der Waals surface area contributed by atoms with E-state index < -0.39 is 0 Å². The molecule has 0 spiro atoms. The number of anilines is 1. The average molecular weight is 280 g/mol. The molecule has 3 heterocycles. The third-order valence-corrected chi connectivity index (χ3v) is 3.78. The Morgan fingerprint density at radius 2 is 1.67 bits per heavy atom. The minimum absolute atomic E-state index is 0.794. The van der Waals surface area contributed by atoms with E-state index in [2.05, 4.69) is 25.4 Å². The van der Waals surface area contributed by atoms with Crippen molar-refractivity contribution < 1.29 is 0 Å². The molecule has 0 aliphatic carbocycles. The first-order valence-electron chi connectivity index (χ1n) is 7.14. The number of hydrogen-bond donors (Lipinski definition) is 1. The molecular weight excluding hydrogens is 264 g/mol. The Balaban J connectivity index is 1.67. The van der Waals surface area contributed by atoms with E-state index >= 15 is 0 Å². The van der Waals surface area contributed by atoms with Crippen LogP contribution in [0.4, 0.5) is 5.82 Å². The molecule has 0 unspecified atom stereocenters. The largest absolute Gasteiger partial charge is 0.353 e. The Kier molecular flexibility index (Phi) is 3.01. The number of nitrogens with zero attached hydrogens (tertiary/aromatic N) is 5. The summed E-state index contributed by atoms with van der Waals surface area (Å²) in [5.41, 5.74) is 2.01. The van der Waals surface area contributed by atoms with Crippen molar-refractivity contribution in [2.45, 2.75) is 0 Å². The lowest BCUT2D eigenvalue weighted by molar-refractivity contribution is 0.582. The quantitative estimate of drug-likeness (QED) is 0.765. The highest BCUT2D eigenvalue weighted by atomic mass is 15.3. The van der Waals surface area contributed by atoms with E-state index in [-0.39, 0.29) is 0 Å². The zero-order valence-electron chi connectivity index (χ0n) is 11.6. The Labute approximate surface area is 122 Å². The molecule has 0 saturated carbocycles. The van der Waals surface area contributed by atoms with Gasteiger partial charge in [-0.15, -0.1) is 10.2 Å². The highest BCUT2D eigenvalue weighted by molar-refractivity contribution is 5.76. The van der Waals surface area contributed by atoms with Crippen molar-refractivity contribution >= 4 is 16.9 Å². The van der Waals surface area contributed by atoms with Crippen LogP contribution in [0.1, 0.15) is 0 Å². The third-order valence-electron chi connectivity index (χ3n) is 3.78. The zero-order valence-corrected chi connectivity index (χ0v) is 11.6. The molecule has 1 N–H and O–H groups in total. The van der Waals surface area contributed by atoms with Gasteiger partial charge in [0.15, 0.2) is 11.6 Å². The monoisotopic (exact) mass is 280 g/mol. The van der Waals surface area contributed by atoms with E-state index in [0.717, 1.165) is 48.8 Å². The van der Waals surface area contributed by atoms with Gasteiger partial charge in [0.1, 0.15) is 6.33 Å². The van der Waals surface area contributed by atoms with Crippen LogP contribution in [0.5, 0.6) is 0 Å². The lowest BCUT2D eigenvalue weighted by Crippen LogP contribution is -2.43. The maximum absolute atomic E-state index is 4.38. The maximum atomic E-state index is 4.38. The average Bonchev–Trinajstić information content (AvgIpc) is 3.00. The van der Waals surface area contributed by atoms with Crippen LogP contribution in [0, 0.1) is 0 Å². The fraction of sp³-hybridized carbons (Fsp3) is 0.267. The molecule has 0 radical (unpaired) electrons. The second kappa shape index (κ2) is 5.14. The Morgan fingerprint density at radius 3 is 2.48 bits per heavy atom. The molecule has 3 aromatic rings. The molecule has 1 fully saturated rings. The van der Waals surface area contributed by atoms with Crippen molar-refractivity contribution in [2.75, 3.05) is 31.1 Å². The topological polar surface area (TPSA) is 58.9 Å². The molecular formula is C15H16N6. The fourth-order valence-electron chi connectivity index (χ4n) is 2.65. The number of para-hydroxylation sites is 2. The van der Waals surface area contributed by atoms with Crippen LogP contribution in [-0.4, -0.2) is 45.9 Å². The zero-order chi connectivity index (χ0) is 14.1. The molecule has 6 nitrogen and oxygen atoms in total. The molecule has 106 valence electrons. The highest BCUT2D eigenvalue weighted by Crippen LogP contribution is 2.17. The van der Waals surface area contributed by atoms with Crippen LogP contribution >= 0.6 is 0 Å². The van der Waals surface area contributed by atoms with Gasteiger partial charge in [0.05, 0.1) is 11.0 Å². The van der Waals surface area contributed by atoms with E-state index in [4.69, 9.17) is 0 Å². The minimum Gasteiger partial charge on any atom is -0.353 e. The molecule has 4 rings (SSSR count). The number of rotatable bonds is 2. The van der Waals surface area contributed by atoms with Gasteiger partial charge in [0, 0.05) is 26.2 Å². The lowest BCUT2D eigenvalue weighted by atomic mass is 10.3. The first-order valence-corrected chi connectivity index (χ1v) is 7.14. The number of imidazole rings is 1. The second-order valence-electron chi connectivity index (χ2n) is 5.09. The fourth-order valence-corrected chi connectivity index (χ4v) is 2.65. The van der Waals surface area contributed by atoms with Crippen LogP contribution in [0.15, 0.2) is 42.7 Å². The molecule has 1 aliphatic heterocycles. The summed E-state index contributed by atoms with van der Waals surface area (Å²) in [5.74, 6) is 1.73. The Bertz CT molecular complexity index is 742. The highest BCUT2D eigenvalue weighted by Gasteiger charge is 2.12. The van der Waals surface area contributed by atoms with Crippen LogP contribution in [0.3, 0.4) is 0 Å². The normalized spacial score (nSPS) is 15.5. The van der Waals surface area contributed by atoms with Gasteiger partial charge < -0.3 is 10.2 Å². The standard InChI is InChI=1S/C15H16N6/c1-2-4-13-12(3-1)17-11-21(13)15-6-5-14(18-19-15)20-9-7-16-8-10-20/h1-6,11,16H,7-10H2. The van der Waals surface area contributed by atoms with Gasteiger partial charge in [-0.3, -0.25) is 4.57 Å². The molecule has 21 heavy (non-hydrogen) atoms. The van der Waals surface area contributed by atoms with Crippen molar-refractivity contribution in [3.05, 3.63) is 42.7 Å². The minimum atomic E-state index is 0.794. The predicted octanol–water partition coefficient (Wildman–Crippen LogP) is 1.23. The number of hydrogen-bond acceptors (Lipinski definition) is 5. The second-order valence-corrected chi connectivity index (χ2v) is 5.09. The smallest absolute Gasteiger partial charge is 0.161 e. The van der Waals surface area contributed by atoms with Gasteiger partial charge in [-0.25, -0.2) is 4.98 Å². The molecule has 2 aromatic heterocycles. The van der Waals surface area contributed by atoms with Gasteiger partial charge in [-0.1, -0.05) is 12.1 Å². The molecule has 1 saturated heterocycles. The SMILES string of the molecule is c1ccc2c(c1)ncn2-c1ccc(N2CCNCC2)nn1. The van der Waals surface area contributed by atoms with Crippen LogP contribution in [-0.2, 0) is 0 Å². The van der Waals surface area contributed by atoms with Crippen molar-refractivity contribution in [2.24, 2.45) is 0 Å². The number of nitrogens with one attached hydrogen (secondary N) is 1. The predicted molar refractivity (Wildman–Crippen MR) is 81.7 cm³/mol. The van der Waals surface area contributed by atoms with Crippen molar-refractivity contribution in [3.63, 3.8) is 0 Å². The molecule has 6 heteroatoms. The summed E-state index contributed by atoms with van der Waals surface area (Å²) in [6.07, 6.45) is 1.79. The van der Waals surface area contributed by atoms with Crippen molar-refractivity contribution in [1.82, 2.24) is 25.1 Å². The first kappa shape index (κ1) is 12.3. The molecule has 0 atom stereocenters. The third kappa shape index (κ3) is 2.23. The van der Waals surface area contributed by atoms with E-state index in [0.29, 0.717) is 0 Å². The van der Waals surface area contributed by atoms with Crippen molar-refractivity contribution in [1.29, 1.82) is 0 Å². The van der Waals surface area contributed by atoms with Gasteiger partial charge >= 0.3 is 0 Å². The van der Waals surface area contributed by atoms with Gasteiger partial charge in [-0.05, 0) is 24.3 Å². The summed E-state index contributed by atoms with van der Waals surface area (Å²) in [6, 6.07) is 12.0. The summed E-state index contributed by atoms with van der Waals surface area (Å²) in [5, 5.41) is 12.1. The van der Waals surface area contributed by atoms with Crippen LogP contribution < -0.4 is 10.2 Å². The summed E-state index contributed by atoms with van der Waals surface area (Å²) in [6.45, 7) is 3.94. The van der Waals surface area contributed by atoms with Gasteiger partial charge in [0.25, 0.3) is 0 Å². The van der Waals surface area contributed by atoms with E-state index in [1.807, 2.05) is 41.0 Å². The van der Waals surface area contributed by atoms with E-state index in [1.165, 1.54) is 0 Å². The summed E-state index contributed by atoms with van der Waals surface area (Å²) >= 11 is 0. The summed E-state index contributed by atoms with van der Waals surface area (Å²) in [7, 11) is 0. The van der Waals surface area contributed by atoms with Crippen LogP contribution in [0.25, 0.3) is 16.9 Å². The number of benzene rings is 1. The summed E-state index contributed by atoms with van der Waals surface area (Å²) < 4.78 is 1.96. The maximum Gasteiger partial charge on any atom is 0.161 e. The van der Waals surface area contributed by atoms with Gasteiger partial charge in [0.2, 0.25) is 0 Å². The summed E-state index contributed by atoms with van der Waals surface area (Å²) in [4.78, 5) is 6.63. The van der Waals surface area contributed by atoms with Crippen LogP contribution in [0.2, 0.25) is 0 Å². The molecule has 0 amide bonds. The van der Waals surface area contributed by atoms with Gasteiger partial charge in [-0.2, -0.15) is 0 Å². The van der Waals surface area contributed by atoms with E-state index in [1.54, 1.807) is 6.33 Å². The van der Waals surface area contributed by atoms with Crippen molar-refractivity contribution in [3.8, 4) is 5.82 Å². The molecule has 1 aromatic carbocycles. The Hall–Kier alpha value is -2.47. The molecule has 0 bridgehead atoms. The van der Waals surface area contributed by atoms with E-state index in [9.17, 15) is 0 Å².